The average Bonchev–Trinajstić information content (AvgIpc) is 2.40. The highest BCUT2D eigenvalue weighted by atomic mass is 15.2. The lowest BCUT2D eigenvalue weighted by Gasteiger charge is -2.41. The third-order valence-corrected chi connectivity index (χ3v) is 4.26. The molecule has 1 aromatic carbocycles. The van der Waals surface area contributed by atoms with Crippen LogP contribution in [0.2, 0.25) is 0 Å². The van der Waals surface area contributed by atoms with E-state index in [4.69, 9.17) is 0 Å². The van der Waals surface area contributed by atoms with E-state index in [9.17, 15) is 0 Å². The first-order valence-electron chi connectivity index (χ1n) is 7.54. The maximum Gasteiger partial charge on any atom is 0.0194 e. The second-order valence-corrected chi connectivity index (χ2v) is 6.62. The van der Waals surface area contributed by atoms with Crippen molar-refractivity contribution in [2.75, 3.05) is 26.2 Å². The standard InChI is InChI=1S/C17H28N2/c1-14(2)16-7-5-15(6-8-16)13-17(3,4)19-11-9-18-10-12-19/h5-8,14,18H,9-13H2,1-4H3. The molecule has 1 aromatic rings. The molecule has 0 radical (unpaired) electrons. The predicted molar refractivity (Wildman–Crippen MR) is 82.8 cm³/mol. The van der Waals surface area contributed by atoms with Crippen LogP contribution in [0.5, 0.6) is 0 Å². The molecule has 1 aliphatic rings. The second kappa shape index (κ2) is 6.06. The fraction of sp³-hybridized carbons (Fsp3) is 0.647. The van der Waals surface area contributed by atoms with Gasteiger partial charge in [0.25, 0.3) is 0 Å². The van der Waals surface area contributed by atoms with Gasteiger partial charge >= 0.3 is 0 Å². The van der Waals surface area contributed by atoms with Gasteiger partial charge < -0.3 is 5.32 Å². The molecule has 0 bridgehead atoms. The van der Waals surface area contributed by atoms with Crippen LogP contribution in [0.4, 0.5) is 0 Å². The van der Waals surface area contributed by atoms with Crippen molar-refractivity contribution in [2.45, 2.75) is 45.6 Å². The van der Waals surface area contributed by atoms with Crippen molar-refractivity contribution in [2.24, 2.45) is 0 Å². The number of hydrogen-bond donors (Lipinski definition) is 1. The highest BCUT2D eigenvalue weighted by Gasteiger charge is 2.27. The summed E-state index contributed by atoms with van der Waals surface area (Å²) in [7, 11) is 0. The van der Waals surface area contributed by atoms with Gasteiger partial charge in [0.05, 0.1) is 0 Å². The molecule has 0 aliphatic carbocycles. The van der Waals surface area contributed by atoms with Gasteiger partial charge in [0, 0.05) is 31.7 Å². The highest BCUT2D eigenvalue weighted by molar-refractivity contribution is 5.26. The summed E-state index contributed by atoms with van der Waals surface area (Å²) >= 11 is 0. The molecule has 1 aliphatic heterocycles. The van der Waals surface area contributed by atoms with Gasteiger partial charge in [0.2, 0.25) is 0 Å². The minimum Gasteiger partial charge on any atom is -0.314 e. The van der Waals surface area contributed by atoms with Crippen molar-refractivity contribution >= 4 is 0 Å². The Bertz CT molecular complexity index is 386. The summed E-state index contributed by atoms with van der Waals surface area (Å²) in [5.74, 6) is 0.621. The maximum absolute atomic E-state index is 3.43. The Kier molecular flexibility index (Phi) is 4.64. The third kappa shape index (κ3) is 3.80. The van der Waals surface area contributed by atoms with Crippen LogP contribution in [0.15, 0.2) is 24.3 Å². The topological polar surface area (TPSA) is 15.3 Å². The fourth-order valence-electron chi connectivity index (χ4n) is 2.90. The van der Waals surface area contributed by atoms with E-state index in [2.05, 4.69) is 62.2 Å². The zero-order chi connectivity index (χ0) is 13.9. The first-order chi connectivity index (χ1) is 8.99. The number of nitrogens with one attached hydrogen (secondary N) is 1. The van der Waals surface area contributed by atoms with Crippen molar-refractivity contribution in [1.82, 2.24) is 10.2 Å². The van der Waals surface area contributed by atoms with Gasteiger partial charge in [-0.3, -0.25) is 4.90 Å². The molecule has 0 spiro atoms. The largest absolute Gasteiger partial charge is 0.314 e. The summed E-state index contributed by atoms with van der Waals surface area (Å²) < 4.78 is 0. The number of rotatable bonds is 4. The smallest absolute Gasteiger partial charge is 0.0194 e. The van der Waals surface area contributed by atoms with Crippen LogP contribution in [0.3, 0.4) is 0 Å². The molecule has 106 valence electrons. The molecule has 1 saturated heterocycles. The Hall–Kier alpha value is -0.860. The lowest BCUT2D eigenvalue weighted by atomic mass is 9.91. The Labute approximate surface area is 118 Å². The molecule has 0 unspecified atom stereocenters. The number of hydrogen-bond acceptors (Lipinski definition) is 2. The van der Waals surface area contributed by atoms with Crippen LogP contribution in [0, 0.1) is 0 Å². The summed E-state index contributed by atoms with van der Waals surface area (Å²) in [6, 6.07) is 9.18. The number of piperazine rings is 1. The van der Waals surface area contributed by atoms with Crippen LogP contribution in [0.25, 0.3) is 0 Å². The molecule has 0 amide bonds. The molecule has 2 rings (SSSR count). The maximum atomic E-state index is 3.43. The fourth-order valence-corrected chi connectivity index (χ4v) is 2.90. The van der Waals surface area contributed by atoms with Gasteiger partial charge in [0.15, 0.2) is 0 Å². The quantitative estimate of drug-likeness (QED) is 0.895. The molecule has 0 saturated carbocycles. The van der Waals surface area contributed by atoms with Crippen molar-refractivity contribution in [3.05, 3.63) is 35.4 Å². The second-order valence-electron chi connectivity index (χ2n) is 6.62. The SMILES string of the molecule is CC(C)c1ccc(CC(C)(C)N2CCNCC2)cc1. The summed E-state index contributed by atoms with van der Waals surface area (Å²) in [5.41, 5.74) is 3.14. The van der Waals surface area contributed by atoms with Gasteiger partial charge in [-0.25, -0.2) is 0 Å². The Morgan fingerprint density at radius 3 is 2.21 bits per heavy atom. The molecule has 1 N–H and O–H groups in total. The summed E-state index contributed by atoms with van der Waals surface area (Å²) in [4.78, 5) is 2.61. The first kappa shape index (κ1) is 14.5. The highest BCUT2D eigenvalue weighted by Crippen LogP contribution is 2.22. The molecular formula is C17H28N2. The van der Waals surface area contributed by atoms with Crippen molar-refractivity contribution in [3.63, 3.8) is 0 Å². The van der Waals surface area contributed by atoms with E-state index in [-0.39, 0.29) is 5.54 Å². The van der Waals surface area contributed by atoms with Gasteiger partial charge in [-0.1, -0.05) is 38.1 Å². The van der Waals surface area contributed by atoms with Crippen LogP contribution in [0.1, 0.15) is 44.7 Å². The molecule has 1 heterocycles. The van der Waals surface area contributed by atoms with Crippen molar-refractivity contribution in [1.29, 1.82) is 0 Å². The zero-order valence-electron chi connectivity index (χ0n) is 12.9. The van der Waals surface area contributed by atoms with Gasteiger partial charge in [-0.2, -0.15) is 0 Å². The number of nitrogens with zero attached hydrogens (tertiary/aromatic N) is 1. The van der Waals surface area contributed by atoms with E-state index in [1.807, 2.05) is 0 Å². The molecule has 1 fully saturated rings. The Morgan fingerprint density at radius 2 is 1.68 bits per heavy atom. The lowest BCUT2D eigenvalue weighted by molar-refractivity contribution is 0.104. The first-order valence-corrected chi connectivity index (χ1v) is 7.54. The third-order valence-electron chi connectivity index (χ3n) is 4.26. The average molecular weight is 260 g/mol. The lowest BCUT2D eigenvalue weighted by Crippen LogP contribution is -2.54. The van der Waals surface area contributed by atoms with Gasteiger partial charge in [0.1, 0.15) is 0 Å². The summed E-state index contributed by atoms with van der Waals surface area (Å²) in [6.45, 7) is 13.8. The zero-order valence-corrected chi connectivity index (χ0v) is 12.9. The van der Waals surface area contributed by atoms with Crippen molar-refractivity contribution in [3.8, 4) is 0 Å². The molecule has 2 heteroatoms. The summed E-state index contributed by atoms with van der Waals surface area (Å²) in [5, 5.41) is 3.43. The normalized spacial score (nSPS) is 17.9. The minimum absolute atomic E-state index is 0.251. The summed E-state index contributed by atoms with van der Waals surface area (Å²) in [6.07, 6.45) is 1.13. The van der Waals surface area contributed by atoms with E-state index in [1.165, 1.54) is 11.1 Å². The van der Waals surface area contributed by atoms with Crippen LogP contribution in [-0.4, -0.2) is 36.6 Å². The van der Waals surface area contributed by atoms with Crippen molar-refractivity contribution < 1.29 is 0 Å². The van der Waals surface area contributed by atoms with Crippen LogP contribution in [-0.2, 0) is 6.42 Å². The molecule has 19 heavy (non-hydrogen) atoms. The molecule has 0 aromatic heterocycles. The predicted octanol–water partition coefficient (Wildman–Crippen LogP) is 3.04. The Balaban J connectivity index is 2.02. The van der Waals surface area contributed by atoms with E-state index in [1.54, 1.807) is 0 Å². The van der Waals surface area contributed by atoms with Gasteiger partial charge in [-0.15, -0.1) is 0 Å². The van der Waals surface area contributed by atoms with Crippen LogP contribution < -0.4 is 5.32 Å². The Morgan fingerprint density at radius 1 is 1.11 bits per heavy atom. The molecule has 2 nitrogen and oxygen atoms in total. The van der Waals surface area contributed by atoms with E-state index in [0.29, 0.717) is 5.92 Å². The minimum atomic E-state index is 0.251. The molecule has 0 atom stereocenters. The van der Waals surface area contributed by atoms with Crippen LogP contribution >= 0.6 is 0 Å². The van der Waals surface area contributed by atoms with E-state index >= 15 is 0 Å². The van der Waals surface area contributed by atoms with E-state index < -0.39 is 0 Å². The monoisotopic (exact) mass is 260 g/mol. The molecular weight excluding hydrogens is 232 g/mol. The number of benzene rings is 1. The van der Waals surface area contributed by atoms with E-state index in [0.717, 1.165) is 32.6 Å². The van der Waals surface area contributed by atoms with Gasteiger partial charge in [-0.05, 0) is 37.3 Å².